The lowest BCUT2D eigenvalue weighted by Crippen LogP contribution is -2.58. The van der Waals surface area contributed by atoms with E-state index in [4.69, 9.17) is 0 Å². The fourth-order valence-corrected chi connectivity index (χ4v) is 3.10. The van der Waals surface area contributed by atoms with Crippen LogP contribution in [0.4, 0.5) is 0 Å². The van der Waals surface area contributed by atoms with Gasteiger partial charge in [0.1, 0.15) is 0 Å². The number of benzene rings is 1. The Balaban J connectivity index is 1.78. The maximum Gasteiger partial charge on any atom is 0.222 e. The van der Waals surface area contributed by atoms with Crippen LogP contribution in [0.3, 0.4) is 0 Å². The van der Waals surface area contributed by atoms with Gasteiger partial charge < -0.3 is 10.2 Å². The van der Waals surface area contributed by atoms with E-state index < -0.39 is 0 Å². The van der Waals surface area contributed by atoms with Gasteiger partial charge in [0.2, 0.25) is 5.91 Å². The number of amides is 1. The molecule has 0 unspecified atom stereocenters. The van der Waals surface area contributed by atoms with Crippen molar-refractivity contribution >= 4 is 21.8 Å². The maximum atomic E-state index is 12.2. The first-order chi connectivity index (χ1) is 9.46. The van der Waals surface area contributed by atoms with E-state index >= 15 is 0 Å². The molecule has 1 heterocycles. The van der Waals surface area contributed by atoms with E-state index in [2.05, 4.69) is 47.2 Å². The molecule has 1 aromatic rings. The Labute approximate surface area is 129 Å². The number of carbonyl (C=O) groups is 1. The molecule has 1 amide bonds. The van der Waals surface area contributed by atoms with Crippen LogP contribution in [0.2, 0.25) is 0 Å². The van der Waals surface area contributed by atoms with E-state index in [9.17, 15) is 4.79 Å². The molecule has 0 saturated carbocycles. The Morgan fingerprint density at radius 3 is 2.95 bits per heavy atom. The molecule has 110 valence electrons. The standard InChI is InChI=1S/C16H23BrN2O/c1-16(2)12-19(10-9-18-16)15(20)8-4-6-13-5-3-7-14(17)11-13/h3,5,7,11,18H,4,6,8-10,12H2,1-2H3. The van der Waals surface area contributed by atoms with Crippen LogP contribution in [-0.4, -0.2) is 36.0 Å². The summed E-state index contributed by atoms with van der Waals surface area (Å²) in [6, 6.07) is 8.30. The first-order valence-electron chi connectivity index (χ1n) is 7.23. The Hall–Kier alpha value is -0.870. The number of halogens is 1. The van der Waals surface area contributed by atoms with Gasteiger partial charge in [-0.25, -0.2) is 0 Å². The van der Waals surface area contributed by atoms with Gasteiger partial charge in [-0.05, 0) is 44.4 Å². The minimum absolute atomic E-state index is 0.0399. The number of nitrogens with one attached hydrogen (secondary N) is 1. The summed E-state index contributed by atoms with van der Waals surface area (Å²) in [6.45, 7) is 6.83. The van der Waals surface area contributed by atoms with Gasteiger partial charge in [-0.2, -0.15) is 0 Å². The van der Waals surface area contributed by atoms with Crippen LogP contribution in [0.15, 0.2) is 28.7 Å². The van der Waals surface area contributed by atoms with E-state index in [1.165, 1.54) is 5.56 Å². The van der Waals surface area contributed by atoms with Crippen molar-refractivity contribution in [3.63, 3.8) is 0 Å². The Morgan fingerprint density at radius 2 is 2.25 bits per heavy atom. The monoisotopic (exact) mass is 338 g/mol. The zero-order chi connectivity index (χ0) is 14.6. The van der Waals surface area contributed by atoms with E-state index in [-0.39, 0.29) is 11.4 Å². The van der Waals surface area contributed by atoms with Crippen molar-refractivity contribution in [1.29, 1.82) is 0 Å². The minimum atomic E-state index is 0.0399. The van der Waals surface area contributed by atoms with Crippen molar-refractivity contribution < 1.29 is 4.79 Å². The van der Waals surface area contributed by atoms with Gasteiger partial charge in [0.25, 0.3) is 0 Å². The third-order valence-corrected chi connectivity index (χ3v) is 4.16. The quantitative estimate of drug-likeness (QED) is 0.915. The summed E-state index contributed by atoms with van der Waals surface area (Å²) >= 11 is 3.48. The fraction of sp³-hybridized carbons (Fsp3) is 0.562. The topological polar surface area (TPSA) is 32.3 Å². The molecular weight excluding hydrogens is 316 g/mol. The predicted molar refractivity (Wildman–Crippen MR) is 85.7 cm³/mol. The summed E-state index contributed by atoms with van der Waals surface area (Å²) in [6.07, 6.45) is 2.52. The molecule has 2 rings (SSSR count). The predicted octanol–water partition coefficient (Wildman–Crippen LogP) is 2.98. The van der Waals surface area contributed by atoms with Gasteiger partial charge in [0, 0.05) is 36.1 Å². The Kier molecular flexibility index (Phi) is 5.22. The lowest BCUT2D eigenvalue weighted by Gasteiger charge is -2.39. The second kappa shape index (κ2) is 6.72. The van der Waals surface area contributed by atoms with Gasteiger partial charge in [-0.1, -0.05) is 28.1 Å². The first-order valence-corrected chi connectivity index (χ1v) is 8.03. The molecule has 20 heavy (non-hydrogen) atoms. The Morgan fingerprint density at radius 1 is 1.45 bits per heavy atom. The van der Waals surface area contributed by atoms with Crippen LogP contribution < -0.4 is 5.32 Å². The van der Waals surface area contributed by atoms with Crippen LogP contribution in [-0.2, 0) is 11.2 Å². The maximum absolute atomic E-state index is 12.2. The highest BCUT2D eigenvalue weighted by molar-refractivity contribution is 9.10. The van der Waals surface area contributed by atoms with Crippen LogP contribution >= 0.6 is 15.9 Å². The molecule has 0 aliphatic carbocycles. The van der Waals surface area contributed by atoms with Crippen LogP contribution in [0.25, 0.3) is 0 Å². The Bertz CT molecular complexity index is 473. The number of piperazine rings is 1. The molecule has 1 aromatic carbocycles. The molecule has 0 radical (unpaired) electrons. The highest BCUT2D eigenvalue weighted by atomic mass is 79.9. The van der Waals surface area contributed by atoms with Gasteiger partial charge >= 0.3 is 0 Å². The molecule has 0 spiro atoms. The van der Waals surface area contributed by atoms with Gasteiger partial charge in [-0.15, -0.1) is 0 Å². The highest BCUT2D eigenvalue weighted by Gasteiger charge is 2.27. The molecule has 1 aliphatic rings. The zero-order valence-electron chi connectivity index (χ0n) is 12.3. The molecule has 1 N–H and O–H groups in total. The number of hydrogen-bond donors (Lipinski definition) is 1. The number of rotatable bonds is 4. The van der Waals surface area contributed by atoms with Crippen molar-refractivity contribution in [2.75, 3.05) is 19.6 Å². The van der Waals surface area contributed by atoms with Gasteiger partial charge in [0.05, 0.1) is 0 Å². The largest absolute Gasteiger partial charge is 0.340 e. The van der Waals surface area contributed by atoms with E-state index in [0.717, 1.165) is 36.9 Å². The van der Waals surface area contributed by atoms with Crippen LogP contribution in [0, 0.1) is 0 Å². The molecule has 4 heteroatoms. The van der Waals surface area contributed by atoms with Crippen LogP contribution in [0.5, 0.6) is 0 Å². The SMILES string of the molecule is CC1(C)CN(C(=O)CCCc2cccc(Br)c2)CCN1. The van der Waals surface area contributed by atoms with Crippen molar-refractivity contribution in [2.45, 2.75) is 38.6 Å². The van der Waals surface area contributed by atoms with Crippen molar-refractivity contribution in [2.24, 2.45) is 0 Å². The summed E-state index contributed by atoms with van der Waals surface area (Å²) in [5.74, 6) is 0.287. The fourth-order valence-electron chi connectivity index (χ4n) is 2.65. The minimum Gasteiger partial charge on any atom is -0.340 e. The number of aryl methyl sites for hydroxylation is 1. The second-order valence-electron chi connectivity index (χ2n) is 6.11. The third kappa shape index (κ3) is 4.60. The van der Waals surface area contributed by atoms with Crippen molar-refractivity contribution in [1.82, 2.24) is 10.2 Å². The summed E-state index contributed by atoms with van der Waals surface area (Å²) in [7, 11) is 0. The summed E-state index contributed by atoms with van der Waals surface area (Å²) in [5.41, 5.74) is 1.32. The average Bonchev–Trinajstić information content (AvgIpc) is 2.37. The summed E-state index contributed by atoms with van der Waals surface area (Å²) in [5, 5.41) is 3.43. The summed E-state index contributed by atoms with van der Waals surface area (Å²) < 4.78 is 1.10. The lowest BCUT2D eigenvalue weighted by molar-refractivity contribution is -0.133. The number of nitrogens with zero attached hydrogens (tertiary/aromatic N) is 1. The molecule has 0 bridgehead atoms. The van der Waals surface area contributed by atoms with Crippen molar-refractivity contribution in [3.8, 4) is 0 Å². The van der Waals surface area contributed by atoms with Gasteiger partial charge in [-0.3, -0.25) is 4.79 Å². The first kappa shape index (κ1) is 15.5. The van der Waals surface area contributed by atoms with Crippen molar-refractivity contribution in [3.05, 3.63) is 34.3 Å². The van der Waals surface area contributed by atoms with Gasteiger partial charge in [0.15, 0.2) is 0 Å². The molecule has 3 nitrogen and oxygen atoms in total. The smallest absolute Gasteiger partial charge is 0.222 e. The molecule has 0 aromatic heterocycles. The lowest BCUT2D eigenvalue weighted by atomic mass is 10.0. The molecule has 0 atom stereocenters. The van der Waals surface area contributed by atoms with E-state index in [1.54, 1.807) is 0 Å². The van der Waals surface area contributed by atoms with Crippen LogP contribution in [0.1, 0.15) is 32.3 Å². The number of hydrogen-bond acceptors (Lipinski definition) is 2. The highest BCUT2D eigenvalue weighted by Crippen LogP contribution is 2.15. The molecule has 1 saturated heterocycles. The van der Waals surface area contributed by atoms with E-state index in [1.807, 2.05) is 17.0 Å². The zero-order valence-corrected chi connectivity index (χ0v) is 13.9. The van der Waals surface area contributed by atoms with E-state index in [0.29, 0.717) is 6.42 Å². The third-order valence-electron chi connectivity index (χ3n) is 3.67. The summed E-state index contributed by atoms with van der Waals surface area (Å²) in [4.78, 5) is 14.2. The molecular formula is C16H23BrN2O. The number of carbonyl (C=O) groups excluding carboxylic acids is 1. The normalized spacial score (nSPS) is 18.1. The average molecular weight is 339 g/mol. The molecule has 1 aliphatic heterocycles. The molecule has 1 fully saturated rings. The second-order valence-corrected chi connectivity index (χ2v) is 7.03.